The van der Waals surface area contributed by atoms with E-state index in [1.54, 1.807) is 0 Å². The maximum Gasteiger partial charge on any atom is 0.252 e. The molecule has 0 saturated carbocycles. The van der Waals surface area contributed by atoms with Crippen LogP contribution in [-0.2, 0) is 0 Å². The fourth-order valence-corrected chi connectivity index (χ4v) is 2.82. The molecule has 2 rings (SSSR count). The van der Waals surface area contributed by atoms with E-state index in [0.717, 1.165) is 19.2 Å². The minimum atomic E-state index is -0.436. The summed E-state index contributed by atoms with van der Waals surface area (Å²) in [7, 11) is 0. The van der Waals surface area contributed by atoms with Crippen LogP contribution in [0.4, 0.5) is 4.39 Å². The molecule has 0 unspecified atom stereocenters. The molecule has 1 aliphatic heterocycles. The lowest BCUT2D eigenvalue weighted by molar-refractivity contribution is 0.0938. The van der Waals surface area contributed by atoms with E-state index < -0.39 is 5.82 Å². The Balaban J connectivity index is 1.83. The Morgan fingerprint density at radius 1 is 1.50 bits per heavy atom. The van der Waals surface area contributed by atoms with Gasteiger partial charge < -0.3 is 5.32 Å². The molecule has 1 atom stereocenters. The molecule has 20 heavy (non-hydrogen) atoms. The Hall–Kier alpha value is -1.13. The van der Waals surface area contributed by atoms with E-state index in [1.807, 2.05) is 0 Å². The van der Waals surface area contributed by atoms with Gasteiger partial charge in [-0.3, -0.25) is 9.69 Å². The van der Waals surface area contributed by atoms with Crippen molar-refractivity contribution in [2.45, 2.75) is 32.2 Å². The maximum absolute atomic E-state index is 12.9. The number of hydrogen-bond acceptors (Lipinski definition) is 2. The summed E-state index contributed by atoms with van der Waals surface area (Å²) >= 11 is 5.86. The zero-order valence-corrected chi connectivity index (χ0v) is 12.4. The van der Waals surface area contributed by atoms with Gasteiger partial charge in [-0.25, -0.2) is 4.39 Å². The second-order valence-corrected chi connectivity index (χ2v) is 5.67. The van der Waals surface area contributed by atoms with Crippen LogP contribution < -0.4 is 5.32 Å². The number of amides is 1. The van der Waals surface area contributed by atoms with E-state index in [-0.39, 0.29) is 10.9 Å². The lowest BCUT2D eigenvalue weighted by Gasteiger charge is -2.33. The summed E-state index contributed by atoms with van der Waals surface area (Å²) < 4.78 is 12.9. The van der Waals surface area contributed by atoms with Crippen molar-refractivity contribution in [1.29, 1.82) is 0 Å². The molecule has 1 amide bonds. The second kappa shape index (κ2) is 7.04. The fourth-order valence-electron chi connectivity index (χ4n) is 2.57. The van der Waals surface area contributed by atoms with Gasteiger partial charge in [0.25, 0.3) is 5.91 Å². The minimum absolute atomic E-state index is 0.147. The molecule has 1 aromatic rings. The predicted molar refractivity (Wildman–Crippen MR) is 78.6 cm³/mol. The predicted octanol–water partition coefficient (Wildman–Crippen LogP) is 3.08. The van der Waals surface area contributed by atoms with Gasteiger partial charge in [-0.15, -0.1) is 0 Å². The quantitative estimate of drug-likeness (QED) is 0.926. The number of rotatable bonds is 4. The lowest BCUT2D eigenvalue weighted by atomic mass is 10.0. The zero-order chi connectivity index (χ0) is 14.5. The molecule has 0 aliphatic carbocycles. The van der Waals surface area contributed by atoms with Crippen LogP contribution in [0, 0.1) is 5.82 Å². The number of piperidine rings is 1. The van der Waals surface area contributed by atoms with Crippen molar-refractivity contribution in [3.8, 4) is 0 Å². The number of halogens is 2. The Labute approximate surface area is 124 Å². The standard InChI is InChI=1S/C15H20ClFN2O/c1-11-4-2-3-8-19(11)9-7-18-15(20)13-6-5-12(17)10-14(13)16/h5-6,10-11H,2-4,7-9H2,1H3,(H,18,20)/t11-/m0/s1. The van der Waals surface area contributed by atoms with Gasteiger partial charge in [-0.05, 0) is 44.5 Å². The highest BCUT2D eigenvalue weighted by Gasteiger charge is 2.18. The normalized spacial score (nSPS) is 19.9. The van der Waals surface area contributed by atoms with Crippen LogP contribution in [0.2, 0.25) is 5.02 Å². The summed E-state index contributed by atoms with van der Waals surface area (Å²) in [4.78, 5) is 14.3. The first-order chi connectivity index (χ1) is 9.58. The summed E-state index contributed by atoms with van der Waals surface area (Å²) in [5, 5.41) is 2.99. The number of benzene rings is 1. The highest BCUT2D eigenvalue weighted by molar-refractivity contribution is 6.33. The molecule has 0 bridgehead atoms. The van der Waals surface area contributed by atoms with Gasteiger partial charge in [0, 0.05) is 19.1 Å². The van der Waals surface area contributed by atoms with Crippen molar-refractivity contribution in [3.05, 3.63) is 34.6 Å². The van der Waals surface area contributed by atoms with E-state index in [2.05, 4.69) is 17.1 Å². The number of hydrogen-bond donors (Lipinski definition) is 1. The highest BCUT2D eigenvalue weighted by Crippen LogP contribution is 2.17. The van der Waals surface area contributed by atoms with Gasteiger partial charge >= 0.3 is 0 Å². The number of carbonyl (C=O) groups is 1. The largest absolute Gasteiger partial charge is 0.351 e. The molecule has 110 valence electrons. The molecule has 1 heterocycles. The zero-order valence-electron chi connectivity index (χ0n) is 11.7. The number of nitrogens with one attached hydrogen (secondary N) is 1. The molecule has 0 radical (unpaired) electrons. The Morgan fingerprint density at radius 2 is 2.30 bits per heavy atom. The molecule has 1 aromatic carbocycles. The first-order valence-electron chi connectivity index (χ1n) is 7.05. The number of nitrogens with zero attached hydrogens (tertiary/aromatic N) is 1. The molecule has 1 saturated heterocycles. The summed E-state index contributed by atoms with van der Waals surface area (Å²) in [6.07, 6.45) is 3.73. The van der Waals surface area contributed by atoms with E-state index in [1.165, 1.54) is 31.4 Å². The average Bonchev–Trinajstić information content (AvgIpc) is 2.40. The highest BCUT2D eigenvalue weighted by atomic mass is 35.5. The van der Waals surface area contributed by atoms with Crippen LogP contribution in [-0.4, -0.2) is 36.5 Å². The van der Waals surface area contributed by atoms with Crippen LogP contribution in [0.15, 0.2) is 18.2 Å². The molecule has 5 heteroatoms. The van der Waals surface area contributed by atoms with Crippen LogP contribution >= 0.6 is 11.6 Å². The van der Waals surface area contributed by atoms with E-state index >= 15 is 0 Å². The molecule has 0 spiro atoms. The Bertz CT molecular complexity index is 481. The monoisotopic (exact) mass is 298 g/mol. The second-order valence-electron chi connectivity index (χ2n) is 5.26. The first-order valence-corrected chi connectivity index (χ1v) is 7.43. The summed E-state index contributed by atoms with van der Waals surface area (Å²) in [6, 6.07) is 4.39. The van der Waals surface area contributed by atoms with Crippen LogP contribution in [0.1, 0.15) is 36.5 Å². The van der Waals surface area contributed by atoms with Gasteiger partial charge in [-0.1, -0.05) is 18.0 Å². The molecule has 3 nitrogen and oxygen atoms in total. The third-order valence-corrected chi connectivity index (χ3v) is 4.11. The molecular weight excluding hydrogens is 279 g/mol. The Morgan fingerprint density at radius 3 is 3.00 bits per heavy atom. The fraction of sp³-hybridized carbons (Fsp3) is 0.533. The van der Waals surface area contributed by atoms with E-state index in [4.69, 9.17) is 11.6 Å². The van der Waals surface area contributed by atoms with Crippen molar-refractivity contribution in [2.24, 2.45) is 0 Å². The Kier molecular flexibility index (Phi) is 5.38. The van der Waals surface area contributed by atoms with E-state index in [9.17, 15) is 9.18 Å². The summed E-state index contributed by atoms with van der Waals surface area (Å²) in [5.74, 6) is -0.687. The summed E-state index contributed by atoms with van der Waals surface area (Å²) in [6.45, 7) is 4.73. The SMILES string of the molecule is C[C@H]1CCCCN1CCNC(=O)c1ccc(F)cc1Cl. The van der Waals surface area contributed by atoms with Gasteiger partial charge in [0.1, 0.15) is 5.82 Å². The van der Waals surface area contributed by atoms with Gasteiger partial charge in [0.15, 0.2) is 0 Å². The molecule has 1 fully saturated rings. The summed E-state index contributed by atoms with van der Waals surface area (Å²) in [5.41, 5.74) is 0.319. The van der Waals surface area contributed by atoms with Crippen LogP contribution in [0.5, 0.6) is 0 Å². The lowest BCUT2D eigenvalue weighted by Crippen LogP contribution is -2.42. The van der Waals surface area contributed by atoms with Crippen LogP contribution in [0.25, 0.3) is 0 Å². The smallest absolute Gasteiger partial charge is 0.252 e. The van der Waals surface area contributed by atoms with Crippen LogP contribution in [0.3, 0.4) is 0 Å². The van der Waals surface area contributed by atoms with E-state index in [0.29, 0.717) is 18.2 Å². The molecule has 1 N–H and O–H groups in total. The average molecular weight is 299 g/mol. The third kappa shape index (κ3) is 3.93. The molecular formula is C15H20ClFN2O. The van der Waals surface area contributed by atoms with Gasteiger partial charge in [0.2, 0.25) is 0 Å². The third-order valence-electron chi connectivity index (χ3n) is 3.80. The minimum Gasteiger partial charge on any atom is -0.351 e. The number of likely N-dealkylation sites (tertiary alicyclic amines) is 1. The molecule has 1 aliphatic rings. The van der Waals surface area contributed by atoms with Gasteiger partial charge in [-0.2, -0.15) is 0 Å². The van der Waals surface area contributed by atoms with Crippen molar-refractivity contribution in [2.75, 3.05) is 19.6 Å². The number of carbonyl (C=O) groups excluding carboxylic acids is 1. The first kappa shape index (κ1) is 15.3. The van der Waals surface area contributed by atoms with Crippen molar-refractivity contribution in [3.63, 3.8) is 0 Å². The van der Waals surface area contributed by atoms with Crippen molar-refractivity contribution in [1.82, 2.24) is 10.2 Å². The maximum atomic E-state index is 12.9. The van der Waals surface area contributed by atoms with Crippen molar-refractivity contribution >= 4 is 17.5 Å². The van der Waals surface area contributed by atoms with Gasteiger partial charge in [0.05, 0.1) is 10.6 Å². The molecule has 0 aromatic heterocycles. The van der Waals surface area contributed by atoms with Crippen molar-refractivity contribution < 1.29 is 9.18 Å². The topological polar surface area (TPSA) is 32.3 Å².